The van der Waals surface area contributed by atoms with Gasteiger partial charge >= 0.3 is 0 Å². The molecule has 0 fully saturated rings. The molecule has 5 heteroatoms. The quantitative estimate of drug-likeness (QED) is 0.659. The summed E-state index contributed by atoms with van der Waals surface area (Å²) in [6.07, 6.45) is 0. The van der Waals surface area contributed by atoms with Crippen molar-refractivity contribution in [2.75, 3.05) is 0 Å². The maximum Gasteiger partial charge on any atom is 0.134 e. The van der Waals surface area contributed by atoms with Crippen molar-refractivity contribution in [1.82, 2.24) is 4.98 Å². The molecule has 1 aromatic carbocycles. The zero-order valence-electron chi connectivity index (χ0n) is 9.65. The summed E-state index contributed by atoms with van der Waals surface area (Å²) < 4.78 is 0. The molecule has 0 spiro atoms. The Labute approximate surface area is 120 Å². The fraction of sp³-hybridized carbons (Fsp3) is 0.154. The lowest BCUT2D eigenvalue weighted by atomic mass is 10.3. The zero-order chi connectivity index (χ0) is 13.1. The number of aromatic nitrogens is 1. The van der Waals surface area contributed by atoms with Gasteiger partial charge in [0.05, 0.1) is 0 Å². The van der Waals surface area contributed by atoms with Crippen LogP contribution in [0.15, 0.2) is 35.2 Å². The number of aromatic hydroxyl groups is 1. The first kappa shape index (κ1) is 13.5. The molecule has 0 saturated carbocycles. The van der Waals surface area contributed by atoms with Crippen molar-refractivity contribution >= 4 is 35.0 Å². The second-order valence-corrected chi connectivity index (χ2v) is 5.61. The van der Waals surface area contributed by atoms with Crippen molar-refractivity contribution in [2.24, 2.45) is 0 Å². The Balaban J connectivity index is 2.16. The standard InChI is InChI=1S/C13H11Cl2NOS/c1-8-5-12(14)11(13(15)16-8)7-18-10-4-2-3-9(17)6-10/h2-6,17H,7H2,1H3. The van der Waals surface area contributed by atoms with Crippen LogP contribution < -0.4 is 0 Å². The van der Waals surface area contributed by atoms with Crippen LogP contribution in [0.2, 0.25) is 10.2 Å². The topological polar surface area (TPSA) is 33.1 Å². The highest BCUT2D eigenvalue weighted by atomic mass is 35.5. The molecule has 2 rings (SSSR count). The van der Waals surface area contributed by atoms with E-state index in [0.29, 0.717) is 15.9 Å². The maximum atomic E-state index is 9.38. The summed E-state index contributed by atoms with van der Waals surface area (Å²) in [6.45, 7) is 1.85. The summed E-state index contributed by atoms with van der Waals surface area (Å²) in [5, 5.41) is 10.4. The fourth-order valence-electron chi connectivity index (χ4n) is 1.48. The Morgan fingerprint density at radius 2 is 2.06 bits per heavy atom. The van der Waals surface area contributed by atoms with Gasteiger partial charge in [-0.05, 0) is 31.2 Å². The molecule has 0 bridgehead atoms. The van der Waals surface area contributed by atoms with Crippen molar-refractivity contribution < 1.29 is 5.11 Å². The van der Waals surface area contributed by atoms with Gasteiger partial charge in [-0.15, -0.1) is 11.8 Å². The Kier molecular flexibility index (Phi) is 4.38. The van der Waals surface area contributed by atoms with Crippen molar-refractivity contribution in [3.8, 4) is 5.75 Å². The first-order valence-electron chi connectivity index (χ1n) is 5.29. The second kappa shape index (κ2) is 5.83. The number of nitrogens with zero attached hydrogens (tertiary/aromatic N) is 1. The zero-order valence-corrected chi connectivity index (χ0v) is 12.0. The van der Waals surface area contributed by atoms with E-state index in [9.17, 15) is 5.11 Å². The number of benzene rings is 1. The number of hydrogen-bond acceptors (Lipinski definition) is 3. The Hall–Kier alpha value is -0.900. The number of thioether (sulfide) groups is 1. The number of halogens is 2. The van der Waals surface area contributed by atoms with Crippen LogP contribution >= 0.6 is 35.0 Å². The number of pyridine rings is 1. The molecule has 0 aliphatic carbocycles. The average Bonchev–Trinajstić information content (AvgIpc) is 2.27. The molecule has 0 radical (unpaired) electrons. The molecule has 0 atom stereocenters. The van der Waals surface area contributed by atoms with E-state index in [1.165, 1.54) is 0 Å². The minimum absolute atomic E-state index is 0.249. The highest BCUT2D eigenvalue weighted by molar-refractivity contribution is 7.98. The van der Waals surface area contributed by atoms with Crippen LogP contribution in [0, 0.1) is 6.92 Å². The molecule has 2 nitrogen and oxygen atoms in total. The van der Waals surface area contributed by atoms with Gasteiger partial charge in [0.25, 0.3) is 0 Å². The number of phenols is 1. The molecule has 0 amide bonds. The first-order valence-corrected chi connectivity index (χ1v) is 7.04. The Bertz CT molecular complexity index is 552. The number of aryl methyl sites for hydroxylation is 1. The van der Waals surface area contributed by atoms with Crippen molar-refractivity contribution in [2.45, 2.75) is 17.6 Å². The highest BCUT2D eigenvalue weighted by Gasteiger charge is 2.09. The lowest BCUT2D eigenvalue weighted by Gasteiger charge is -2.07. The molecule has 0 unspecified atom stereocenters. The van der Waals surface area contributed by atoms with Gasteiger partial charge in [-0.3, -0.25) is 0 Å². The molecule has 0 saturated heterocycles. The predicted octanol–water partition coefficient (Wildman–Crippen LogP) is 4.69. The minimum atomic E-state index is 0.249. The van der Waals surface area contributed by atoms with E-state index in [-0.39, 0.29) is 5.75 Å². The van der Waals surface area contributed by atoms with Gasteiger partial charge < -0.3 is 5.11 Å². The van der Waals surface area contributed by atoms with Gasteiger partial charge in [0.2, 0.25) is 0 Å². The van der Waals surface area contributed by atoms with Crippen molar-refractivity contribution in [3.05, 3.63) is 51.8 Å². The van der Waals surface area contributed by atoms with Gasteiger partial charge in [-0.1, -0.05) is 29.3 Å². The molecular formula is C13H11Cl2NOS. The second-order valence-electron chi connectivity index (χ2n) is 3.80. The molecule has 1 aromatic heterocycles. The smallest absolute Gasteiger partial charge is 0.134 e. The summed E-state index contributed by atoms with van der Waals surface area (Å²) in [6, 6.07) is 8.86. The van der Waals surface area contributed by atoms with Gasteiger partial charge in [0, 0.05) is 26.9 Å². The van der Waals surface area contributed by atoms with Gasteiger partial charge in [-0.2, -0.15) is 0 Å². The highest BCUT2D eigenvalue weighted by Crippen LogP contribution is 2.32. The van der Waals surface area contributed by atoms with Crippen LogP contribution in [0.25, 0.3) is 0 Å². The molecule has 1 N–H and O–H groups in total. The molecule has 0 aliphatic heterocycles. The van der Waals surface area contributed by atoms with E-state index in [4.69, 9.17) is 23.2 Å². The minimum Gasteiger partial charge on any atom is -0.508 e. The molecule has 18 heavy (non-hydrogen) atoms. The third-order valence-electron chi connectivity index (χ3n) is 2.35. The summed E-state index contributed by atoms with van der Waals surface area (Å²) in [5.41, 5.74) is 1.62. The lowest BCUT2D eigenvalue weighted by molar-refractivity contribution is 0.474. The Morgan fingerprint density at radius 3 is 2.72 bits per heavy atom. The molecular weight excluding hydrogens is 289 g/mol. The van der Waals surface area contributed by atoms with E-state index in [1.807, 2.05) is 13.0 Å². The molecule has 2 aromatic rings. The van der Waals surface area contributed by atoms with Gasteiger partial charge in [-0.25, -0.2) is 4.98 Å². The predicted molar refractivity (Wildman–Crippen MR) is 76.7 cm³/mol. The number of hydrogen-bond donors (Lipinski definition) is 1. The maximum absolute atomic E-state index is 9.38. The van der Waals surface area contributed by atoms with Gasteiger partial charge in [0.1, 0.15) is 10.9 Å². The van der Waals surface area contributed by atoms with Crippen LogP contribution in [0.3, 0.4) is 0 Å². The van der Waals surface area contributed by atoms with Crippen LogP contribution in [0.4, 0.5) is 0 Å². The first-order chi connectivity index (χ1) is 8.56. The SMILES string of the molecule is Cc1cc(Cl)c(CSc2cccc(O)c2)c(Cl)n1. The lowest BCUT2D eigenvalue weighted by Crippen LogP contribution is -1.91. The van der Waals surface area contributed by atoms with Crippen LogP contribution in [0.1, 0.15) is 11.3 Å². The third-order valence-corrected chi connectivity index (χ3v) is 4.02. The summed E-state index contributed by atoms with van der Waals surface area (Å²) in [4.78, 5) is 5.14. The van der Waals surface area contributed by atoms with Crippen LogP contribution in [-0.4, -0.2) is 10.1 Å². The molecule has 1 heterocycles. The monoisotopic (exact) mass is 299 g/mol. The van der Waals surface area contributed by atoms with Crippen LogP contribution in [0.5, 0.6) is 5.75 Å². The average molecular weight is 300 g/mol. The van der Waals surface area contributed by atoms with E-state index in [0.717, 1.165) is 16.2 Å². The molecule has 94 valence electrons. The molecule has 0 aliphatic rings. The third kappa shape index (κ3) is 3.31. The van der Waals surface area contributed by atoms with E-state index < -0.39 is 0 Å². The van der Waals surface area contributed by atoms with E-state index >= 15 is 0 Å². The summed E-state index contributed by atoms with van der Waals surface area (Å²) in [5.74, 6) is 0.869. The summed E-state index contributed by atoms with van der Waals surface area (Å²) in [7, 11) is 0. The van der Waals surface area contributed by atoms with Crippen molar-refractivity contribution in [1.29, 1.82) is 0 Å². The fourth-order valence-corrected chi connectivity index (χ4v) is 3.29. The largest absolute Gasteiger partial charge is 0.508 e. The summed E-state index contributed by atoms with van der Waals surface area (Å²) >= 11 is 13.8. The van der Waals surface area contributed by atoms with Crippen molar-refractivity contribution in [3.63, 3.8) is 0 Å². The van der Waals surface area contributed by atoms with E-state index in [2.05, 4.69) is 4.98 Å². The number of rotatable bonds is 3. The normalized spacial score (nSPS) is 10.6. The van der Waals surface area contributed by atoms with Gasteiger partial charge in [0.15, 0.2) is 0 Å². The Morgan fingerprint density at radius 1 is 1.28 bits per heavy atom. The number of phenolic OH excluding ortho intramolecular Hbond substituents is 1. The van der Waals surface area contributed by atoms with Crippen LogP contribution in [-0.2, 0) is 5.75 Å². The van der Waals surface area contributed by atoms with E-state index in [1.54, 1.807) is 36.0 Å².